The Morgan fingerprint density at radius 2 is 1.81 bits per heavy atom. The van der Waals surface area contributed by atoms with Crippen LogP contribution < -0.4 is 9.64 Å². The predicted molar refractivity (Wildman–Crippen MR) is 74.5 cm³/mol. The molecule has 2 saturated heterocycles. The molecule has 0 spiro atoms. The monoisotopic (exact) mass is 300 g/mol. The first-order chi connectivity index (χ1) is 9.92. The van der Waals surface area contributed by atoms with Gasteiger partial charge in [-0.1, -0.05) is 0 Å². The van der Waals surface area contributed by atoms with E-state index >= 15 is 0 Å². The lowest BCUT2D eigenvalue weighted by atomic mass is 9.93. The zero-order valence-electron chi connectivity index (χ0n) is 11.9. The molecule has 0 aliphatic carbocycles. The highest BCUT2D eigenvalue weighted by Crippen LogP contribution is 2.35. The first-order valence-electron chi connectivity index (χ1n) is 7.23. The summed E-state index contributed by atoms with van der Waals surface area (Å²) < 4.78 is 40.4. The quantitative estimate of drug-likeness (QED) is 0.834. The Bertz CT molecular complexity index is 489. The number of piperidine rings is 1. The van der Waals surface area contributed by atoms with Gasteiger partial charge in [0.05, 0.1) is 0 Å². The van der Waals surface area contributed by atoms with Crippen molar-refractivity contribution in [3.8, 4) is 5.75 Å². The lowest BCUT2D eigenvalue weighted by molar-refractivity contribution is -0.274. The van der Waals surface area contributed by atoms with Gasteiger partial charge >= 0.3 is 6.36 Å². The summed E-state index contributed by atoms with van der Waals surface area (Å²) in [6.45, 7) is 3.16. The Labute approximate surface area is 122 Å². The zero-order valence-corrected chi connectivity index (χ0v) is 11.9. The molecule has 3 nitrogen and oxygen atoms in total. The van der Waals surface area contributed by atoms with Crippen molar-refractivity contribution in [2.45, 2.75) is 25.2 Å². The van der Waals surface area contributed by atoms with E-state index in [4.69, 9.17) is 0 Å². The molecule has 6 heteroatoms. The van der Waals surface area contributed by atoms with E-state index in [0.717, 1.165) is 38.2 Å². The molecule has 2 aliphatic rings. The van der Waals surface area contributed by atoms with Gasteiger partial charge in [0, 0.05) is 24.8 Å². The third kappa shape index (κ3) is 3.26. The molecule has 0 amide bonds. The zero-order chi connectivity index (χ0) is 15.0. The minimum absolute atomic E-state index is 0.162. The van der Waals surface area contributed by atoms with Gasteiger partial charge in [-0.3, -0.25) is 0 Å². The fourth-order valence-electron chi connectivity index (χ4n) is 3.53. The van der Waals surface area contributed by atoms with Gasteiger partial charge in [-0.2, -0.15) is 0 Å². The first kappa shape index (κ1) is 14.5. The maximum absolute atomic E-state index is 12.2. The first-order valence-corrected chi connectivity index (χ1v) is 7.23. The maximum Gasteiger partial charge on any atom is 0.573 e. The van der Waals surface area contributed by atoms with Gasteiger partial charge in [0.25, 0.3) is 0 Å². The average molecular weight is 300 g/mol. The van der Waals surface area contributed by atoms with E-state index in [1.165, 1.54) is 12.1 Å². The summed E-state index contributed by atoms with van der Waals surface area (Å²) >= 11 is 0. The second kappa shape index (κ2) is 5.40. The Morgan fingerprint density at radius 1 is 1.10 bits per heavy atom. The van der Waals surface area contributed by atoms with Crippen molar-refractivity contribution in [2.75, 3.05) is 31.6 Å². The summed E-state index contributed by atoms with van der Waals surface area (Å²) in [7, 11) is 2.14. The highest BCUT2D eigenvalue weighted by Gasteiger charge is 2.37. The minimum atomic E-state index is -4.63. The van der Waals surface area contributed by atoms with Crippen LogP contribution in [0.3, 0.4) is 0 Å². The lowest BCUT2D eigenvalue weighted by Gasteiger charge is -2.37. The van der Waals surface area contributed by atoms with E-state index in [9.17, 15) is 13.2 Å². The summed E-state index contributed by atoms with van der Waals surface area (Å²) in [6.07, 6.45) is -2.37. The van der Waals surface area contributed by atoms with Crippen molar-refractivity contribution in [3.05, 3.63) is 24.3 Å². The summed E-state index contributed by atoms with van der Waals surface area (Å²) in [4.78, 5) is 4.68. The molecule has 1 aromatic carbocycles. The Kier molecular flexibility index (Phi) is 3.73. The molecule has 2 aliphatic heterocycles. The number of benzene rings is 1. The molecule has 116 valence electrons. The molecule has 21 heavy (non-hydrogen) atoms. The van der Waals surface area contributed by atoms with Crippen LogP contribution in [0, 0.1) is 5.92 Å². The van der Waals surface area contributed by atoms with Crippen LogP contribution in [0.2, 0.25) is 0 Å². The van der Waals surface area contributed by atoms with E-state index in [0.29, 0.717) is 12.0 Å². The van der Waals surface area contributed by atoms with E-state index < -0.39 is 6.36 Å². The van der Waals surface area contributed by atoms with Crippen LogP contribution in [-0.4, -0.2) is 44.0 Å². The highest BCUT2D eigenvalue weighted by atomic mass is 19.4. The summed E-state index contributed by atoms with van der Waals surface area (Å²) in [6, 6.07) is 6.75. The van der Waals surface area contributed by atoms with E-state index in [-0.39, 0.29) is 5.75 Å². The number of hydrogen-bond donors (Lipinski definition) is 0. The number of nitrogens with zero attached hydrogens (tertiary/aromatic N) is 2. The van der Waals surface area contributed by atoms with Crippen molar-refractivity contribution < 1.29 is 17.9 Å². The summed E-state index contributed by atoms with van der Waals surface area (Å²) in [5.41, 5.74) is 0.988. The van der Waals surface area contributed by atoms with E-state index in [1.54, 1.807) is 12.1 Å². The van der Waals surface area contributed by atoms with Crippen molar-refractivity contribution in [3.63, 3.8) is 0 Å². The smallest absolute Gasteiger partial charge is 0.406 e. The SMILES string of the molecule is CN1CC[C@H]2[C@H](CCN2c2ccc(OC(F)(F)F)cc2)C1. The van der Waals surface area contributed by atoms with E-state index in [1.807, 2.05) is 0 Å². The third-order valence-corrected chi connectivity index (χ3v) is 4.44. The minimum Gasteiger partial charge on any atom is -0.406 e. The van der Waals surface area contributed by atoms with Gasteiger partial charge in [0.15, 0.2) is 0 Å². The molecule has 0 radical (unpaired) electrons. The van der Waals surface area contributed by atoms with Crippen LogP contribution in [0.5, 0.6) is 5.75 Å². The highest BCUT2D eigenvalue weighted by molar-refractivity contribution is 5.51. The normalized spacial score (nSPS) is 26.8. The number of alkyl halides is 3. The second-order valence-corrected chi connectivity index (χ2v) is 5.90. The Hall–Kier alpha value is -1.43. The number of likely N-dealkylation sites (tertiary alicyclic amines) is 1. The molecule has 2 heterocycles. The van der Waals surface area contributed by atoms with Crippen LogP contribution in [0.4, 0.5) is 18.9 Å². The number of hydrogen-bond acceptors (Lipinski definition) is 3. The molecule has 0 aromatic heterocycles. The van der Waals surface area contributed by atoms with Crippen LogP contribution in [0.25, 0.3) is 0 Å². The summed E-state index contributed by atoms with van der Waals surface area (Å²) in [5.74, 6) is 0.500. The predicted octanol–water partition coefficient (Wildman–Crippen LogP) is 3.12. The maximum atomic E-state index is 12.2. The van der Waals surface area contributed by atoms with Crippen molar-refractivity contribution in [2.24, 2.45) is 5.92 Å². The standard InChI is InChI=1S/C15H19F3N2O/c1-19-8-7-14-11(10-19)6-9-20(14)12-2-4-13(5-3-12)21-15(16,17)18/h2-5,11,14H,6-10H2,1H3/t11-,14+/m1/s1. The van der Waals surface area contributed by atoms with Gasteiger partial charge in [-0.15, -0.1) is 13.2 Å². The van der Waals surface area contributed by atoms with Crippen molar-refractivity contribution in [1.29, 1.82) is 0 Å². The molecule has 2 fully saturated rings. The second-order valence-electron chi connectivity index (χ2n) is 5.90. The van der Waals surface area contributed by atoms with E-state index in [2.05, 4.69) is 21.6 Å². The largest absolute Gasteiger partial charge is 0.573 e. The van der Waals surface area contributed by atoms with Crippen LogP contribution in [0.1, 0.15) is 12.8 Å². The number of ether oxygens (including phenoxy) is 1. The van der Waals surface area contributed by atoms with Gasteiger partial charge in [0.2, 0.25) is 0 Å². The fraction of sp³-hybridized carbons (Fsp3) is 0.600. The van der Waals surface area contributed by atoms with Crippen molar-refractivity contribution in [1.82, 2.24) is 4.90 Å². The third-order valence-electron chi connectivity index (χ3n) is 4.44. The summed E-state index contributed by atoms with van der Waals surface area (Å²) in [5, 5.41) is 0. The van der Waals surface area contributed by atoms with Gasteiger partial charge in [0.1, 0.15) is 5.75 Å². The molecule has 0 unspecified atom stereocenters. The molecule has 0 N–H and O–H groups in total. The lowest BCUT2D eigenvalue weighted by Crippen LogP contribution is -2.44. The Morgan fingerprint density at radius 3 is 2.48 bits per heavy atom. The van der Waals surface area contributed by atoms with Crippen LogP contribution in [0.15, 0.2) is 24.3 Å². The Balaban J connectivity index is 1.70. The van der Waals surface area contributed by atoms with Gasteiger partial charge in [-0.05, 0) is 56.6 Å². The average Bonchev–Trinajstić information content (AvgIpc) is 2.80. The van der Waals surface area contributed by atoms with Crippen LogP contribution >= 0.6 is 0 Å². The molecule has 0 saturated carbocycles. The number of rotatable bonds is 2. The van der Waals surface area contributed by atoms with Gasteiger partial charge < -0.3 is 14.5 Å². The topological polar surface area (TPSA) is 15.7 Å². The number of fused-ring (bicyclic) bond motifs is 1. The number of halogens is 3. The van der Waals surface area contributed by atoms with Crippen molar-refractivity contribution >= 4 is 5.69 Å². The molecule has 3 rings (SSSR count). The molecule has 1 aromatic rings. The van der Waals surface area contributed by atoms with Gasteiger partial charge in [-0.25, -0.2) is 0 Å². The molecule has 0 bridgehead atoms. The molecular formula is C15H19F3N2O. The molecule has 2 atom stereocenters. The fourth-order valence-corrected chi connectivity index (χ4v) is 3.53. The molecular weight excluding hydrogens is 281 g/mol. The number of anilines is 1. The van der Waals surface area contributed by atoms with Crippen LogP contribution in [-0.2, 0) is 0 Å².